The summed E-state index contributed by atoms with van der Waals surface area (Å²) >= 11 is 0. The number of carbonyl (C=O) groups excluding carboxylic acids is 2. The van der Waals surface area contributed by atoms with Crippen LogP contribution in [0.2, 0.25) is 0 Å². The molecule has 0 unspecified atom stereocenters. The standard InChI is InChI=1S/C16H20F2N2O2/c1-3-4-8-13-15(21)19(2)9-10-20(13)16(22)14-11(17)6-5-7-12(14)18/h5-7,13H,3-4,8-10H2,1-2H3/t13-/m1/s1. The zero-order chi connectivity index (χ0) is 16.3. The number of piperazine rings is 1. The quantitative estimate of drug-likeness (QED) is 0.857. The van der Waals surface area contributed by atoms with Crippen molar-refractivity contribution in [2.24, 2.45) is 0 Å². The van der Waals surface area contributed by atoms with E-state index in [1.165, 1.54) is 11.0 Å². The monoisotopic (exact) mass is 310 g/mol. The van der Waals surface area contributed by atoms with Crippen LogP contribution < -0.4 is 0 Å². The number of rotatable bonds is 4. The van der Waals surface area contributed by atoms with Gasteiger partial charge < -0.3 is 9.80 Å². The predicted molar refractivity (Wildman–Crippen MR) is 78.3 cm³/mol. The molecule has 0 radical (unpaired) electrons. The van der Waals surface area contributed by atoms with E-state index >= 15 is 0 Å². The summed E-state index contributed by atoms with van der Waals surface area (Å²) in [5.74, 6) is -2.72. The molecule has 0 saturated carbocycles. The van der Waals surface area contributed by atoms with Gasteiger partial charge in [0, 0.05) is 20.1 Å². The van der Waals surface area contributed by atoms with Crippen LogP contribution in [0.4, 0.5) is 8.78 Å². The Morgan fingerprint density at radius 2 is 1.91 bits per heavy atom. The van der Waals surface area contributed by atoms with Gasteiger partial charge in [-0.05, 0) is 18.6 Å². The van der Waals surface area contributed by atoms with Crippen molar-refractivity contribution in [2.45, 2.75) is 32.2 Å². The molecular formula is C16H20F2N2O2. The lowest BCUT2D eigenvalue weighted by Gasteiger charge is -2.39. The van der Waals surface area contributed by atoms with Gasteiger partial charge in [-0.25, -0.2) is 8.78 Å². The molecular weight excluding hydrogens is 290 g/mol. The summed E-state index contributed by atoms with van der Waals surface area (Å²) in [5, 5.41) is 0. The maximum Gasteiger partial charge on any atom is 0.260 e. The average molecular weight is 310 g/mol. The van der Waals surface area contributed by atoms with E-state index in [4.69, 9.17) is 0 Å². The molecule has 0 aliphatic carbocycles. The van der Waals surface area contributed by atoms with Crippen LogP contribution in [0.3, 0.4) is 0 Å². The van der Waals surface area contributed by atoms with E-state index < -0.39 is 29.1 Å². The highest BCUT2D eigenvalue weighted by Crippen LogP contribution is 2.21. The van der Waals surface area contributed by atoms with Crippen molar-refractivity contribution in [3.05, 3.63) is 35.4 Å². The van der Waals surface area contributed by atoms with E-state index in [0.717, 1.165) is 25.0 Å². The molecule has 1 fully saturated rings. The minimum atomic E-state index is -0.898. The van der Waals surface area contributed by atoms with Gasteiger partial charge in [-0.2, -0.15) is 0 Å². The fraction of sp³-hybridized carbons (Fsp3) is 0.500. The fourth-order valence-corrected chi connectivity index (χ4v) is 2.68. The zero-order valence-electron chi connectivity index (χ0n) is 12.8. The molecule has 1 saturated heterocycles. The maximum atomic E-state index is 13.8. The van der Waals surface area contributed by atoms with Crippen LogP contribution >= 0.6 is 0 Å². The molecule has 1 aromatic rings. The summed E-state index contributed by atoms with van der Waals surface area (Å²) < 4.78 is 27.7. The summed E-state index contributed by atoms with van der Waals surface area (Å²) in [6.45, 7) is 2.63. The fourth-order valence-electron chi connectivity index (χ4n) is 2.68. The number of benzene rings is 1. The van der Waals surface area contributed by atoms with Gasteiger partial charge in [0.1, 0.15) is 23.2 Å². The molecule has 1 aliphatic rings. The highest BCUT2D eigenvalue weighted by atomic mass is 19.1. The molecule has 1 heterocycles. The summed E-state index contributed by atoms with van der Waals surface area (Å²) in [6.07, 6.45) is 2.15. The van der Waals surface area contributed by atoms with Crippen LogP contribution in [-0.2, 0) is 4.79 Å². The molecule has 1 aliphatic heterocycles. The highest BCUT2D eigenvalue weighted by molar-refractivity contribution is 5.98. The van der Waals surface area contributed by atoms with Crippen molar-refractivity contribution in [3.63, 3.8) is 0 Å². The van der Waals surface area contributed by atoms with Crippen molar-refractivity contribution >= 4 is 11.8 Å². The number of amides is 2. The third-order valence-corrected chi connectivity index (χ3v) is 3.98. The normalized spacial score (nSPS) is 18.7. The molecule has 22 heavy (non-hydrogen) atoms. The number of nitrogens with zero attached hydrogens (tertiary/aromatic N) is 2. The first-order valence-corrected chi connectivity index (χ1v) is 7.47. The van der Waals surface area contributed by atoms with E-state index in [1.54, 1.807) is 11.9 Å². The van der Waals surface area contributed by atoms with Gasteiger partial charge in [-0.1, -0.05) is 25.8 Å². The minimum Gasteiger partial charge on any atom is -0.342 e. The second-order valence-electron chi connectivity index (χ2n) is 5.51. The first kappa shape index (κ1) is 16.4. The SMILES string of the molecule is CCCC[C@@H]1C(=O)N(C)CCN1C(=O)c1c(F)cccc1F. The molecule has 0 N–H and O–H groups in total. The number of hydrogen-bond donors (Lipinski definition) is 0. The molecule has 0 aromatic heterocycles. The van der Waals surface area contributed by atoms with Crippen molar-refractivity contribution in [1.82, 2.24) is 9.80 Å². The van der Waals surface area contributed by atoms with Gasteiger partial charge in [0.25, 0.3) is 5.91 Å². The van der Waals surface area contributed by atoms with Crippen LogP contribution in [0.5, 0.6) is 0 Å². The van der Waals surface area contributed by atoms with Gasteiger partial charge in [0.05, 0.1) is 0 Å². The lowest BCUT2D eigenvalue weighted by molar-refractivity contribution is -0.138. The van der Waals surface area contributed by atoms with Crippen LogP contribution in [-0.4, -0.2) is 47.8 Å². The third kappa shape index (κ3) is 3.10. The van der Waals surface area contributed by atoms with Crippen LogP contribution in [0.25, 0.3) is 0 Å². The first-order valence-electron chi connectivity index (χ1n) is 7.47. The summed E-state index contributed by atoms with van der Waals surface area (Å²) in [4.78, 5) is 27.7. The van der Waals surface area contributed by atoms with Gasteiger partial charge in [0.2, 0.25) is 5.91 Å². The Hall–Kier alpha value is -1.98. The number of unbranched alkanes of at least 4 members (excludes halogenated alkanes) is 1. The molecule has 120 valence electrons. The second-order valence-corrected chi connectivity index (χ2v) is 5.51. The largest absolute Gasteiger partial charge is 0.342 e. The summed E-state index contributed by atoms with van der Waals surface area (Å²) in [5.41, 5.74) is -0.582. The van der Waals surface area contributed by atoms with E-state index in [-0.39, 0.29) is 12.5 Å². The molecule has 2 rings (SSSR count). The Morgan fingerprint density at radius 1 is 1.27 bits per heavy atom. The van der Waals surface area contributed by atoms with E-state index in [9.17, 15) is 18.4 Å². The Kier molecular flexibility index (Phi) is 5.11. The van der Waals surface area contributed by atoms with Gasteiger partial charge >= 0.3 is 0 Å². The van der Waals surface area contributed by atoms with Crippen molar-refractivity contribution in [3.8, 4) is 0 Å². The number of hydrogen-bond acceptors (Lipinski definition) is 2. The number of carbonyl (C=O) groups is 2. The topological polar surface area (TPSA) is 40.6 Å². The summed E-state index contributed by atoms with van der Waals surface area (Å²) in [7, 11) is 1.67. The Bertz CT molecular complexity index is 557. The molecule has 1 aromatic carbocycles. The molecule has 1 atom stereocenters. The Labute approximate surface area is 128 Å². The second kappa shape index (κ2) is 6.85. The van der Waals surface area contributed by atoms with Gasteiger partial charge in [-0.3, -0.25) is 9.59 Å². The molecule has 0 bridgehead atoms. The average Bonchev–Trinajstić information content (AvgIpc) is 2.48. The smallest absolute Gasteiger partial charge is 0.260 e. The van der Waals surface area contributed by atoms with Crippen LogP contribution in [0.15, 0.2) is 18.2 Å². The Morgan fingerprint density at radius 3 is 2.50 bits per heavy atom. The zero-order valence-corrected chi connectivity index (χ0v) is 12.8. The first-order chi connectivity index (χ1) is 10.5. The lowest BCUT2D eigenvalue weighted by Crippen LogP contribution is -2.57. The molecule has 6 heteroatoms. The van der Waals surface area contributed by atoms with Gasteiger partial charge in [-0.15, -0.1) is 0 Å². The highest BCUT2D eigenvalue weighted by Gasteiger charge is 2.37. The predicted octanol–water partition coefficient (Wildman–Crippen LogP) is 2.44. The van der Waals surface area contributed by atoms with Gasteiger partial charge in [0.15, 0.2) is 0 Å². The minimum absolute atomic E-state index is 0.176. The molecule has 4 nitrogen and oxygen atoms in total. The van der Waals surface area contributed by atoms with Crippen molar-refractivity contribution in [1.29, 1.82) is 0 Å². The number of halogens is 2. The van der Waals surface area contributed by atoms with Crippen molar-refractivity contribution in [2.75, 3.05) is 20.1 Å². The molecule has 2 amide bonds. The van der Waals surface area contributed by atoms with Crippen LogP contribution in [0, 0.1) is 11.6 Å². The summed E-state index contributed by atoms with van der Waals surface area (Å²) in [6, 6.07) is 2.67. The van der Waals surface area contributed by atoms with E-state index in [1.807, 2.05) is 6.92 Å². The maximum absolute atomic E-state index is 13.8. The lowest BCUT2D eigenvalue weighted by atomic mass is 10.0. The van der Waals surface area contributed by atoms with Crippen LogP contribution in [0.1, 0.15) is 36.5 Å². The van der Waals surface area contributed by atoms with Crippen molar-refractivity contribution < 1.29 is 18.4 Å². The van der Waals surface area contributed by atoms with E-state index in [2.05, 4.69) is 0 Å². The number of likely N-dealkylation sites (N-methyl/N-ethyl adjacent to an activating group) is 1. The third-order valence-electron chi connectivity index (χ3n) is 3.98. The Balaban J connectivity index is 2.31. The van der Waals surface area contributed by atoms with E-state index in [0.29, 0.717) is 13.0 Å². The molecule has 0 spiro atoms.